The Labute approximate surface area is 102 Å². The number of carboxylic acid groups (broad SMARTS) is 1. The Morgan fingerprint density at radius 2 is 2.17 bits per heavy atom. The molecule has 0 radical (unpaired) electrons. The molecule has 0 saturated heterocycles. The number of nitro groups is 1. The first-order valence-corrected chi connectivity index (χ1v) is 5.35. The number of nitro benzene ring substituents is 1. The Bertz CT molecular complexity index is 514. The van der Waals surface area contributed by atoms with E-state index in [2.05, 4.69) is 5.32 Å². The van der Waals surface area contributed by atoms with E-state index in [9.17, 15) is 19.3 Å². The second kappa shape index (κ2) is 4.34. The zero-order valence-electron chi connectivity index (χ0n) is 9.35. The molecule has 0 amide bonds. The van der Waals surface area contributed by atoms with Crippen LogP contribution >= 0.6 is 0 Å². The number of nitrogens with zero attached hydrogens (tertiary/aromatic N) is 1. The SMILES string of the molecule is O=C(O)C1(NCc2cc(F)cc([N+](=O)[O-])c2)CC1. The molecule has 0 bridgehead atoms. The monoisotopic (exact) mass is 254 g/mol. The van der Waals surface area contributed by atoms with E-state index >= 15 is 0 Å². The average molecular weight is 254 g/mol. The molecule has 96 valence electrons. The van der Waals surface area contributed by atoms with Gasteiger partial charge in [-0.25, -0.2) is 4.39 Å². The molecule has 1 aromatic carbocycles. The molecular formula is C11H11FN2O4. The van der Waals surface area contributed by atoms with E-state index in [0.29, 0.717) is 18.4 Å². The van der Waals surface area contributed by atoms with Crippen LogP contribution in [0, 0.1) is 15.9 Å². The Morgan fingerprint density at radius 3 is 2.67 bits per heavy atom. The number of hydrogen-bond donors (Lipinski definition) is 2. The molecule has 1 aromatic rings. The number of carbonyl (C=O) groups is 1. The first-order valence-electron chi connectivity index (χ1n) is 5.35. The number of benzene rings is 1. The highest BCUT2D eigenvalue weighted by Gasteiger charge is 2.49. The van der Waals surface area contributed by atoms with E-state index in [-0.39, 0.29) is 12.2 Å². The van der Waals surface area contributed by atoms with Gasteiger partial charge in [0.2, 0.25) is 0 Å². The number of non-ortho nitro benzene ring substituents is 1. The Kier molecular flexibility index (Phi) is 3.00. The summed E-state index contributed by atoms with van der Waals surface area (Å²) >= 11 is 0. The minimum absolute atomic E-state index is 0.0882. The van der Waals surface area contributed by atoms with E-state index in [0.717, 1.165) is 12.1 Å². The van der Waals surface area contributed by atoms with Gasteiger partial charge in [0.05, 0.1) is 11.0 Å². The highest BCUT2D eigenvalue weighted by atomic mass is 19.1. The predicted octanol–water partition coefficient (Wildman–Crippen LogP) is 1.44. The maximum Gasteiger partial charge on any atom is 0.323 e. The first kappa shape index (κ1) is 12.4. The van der Waals surface area contributed by atoms with Crippen molar-refractivity contribution < 1.29 is 19.2 Å². The predicted molar refractivity (Wildman–Crippen MR) is 59.5 cm³/mol. The molecule has 7 heteroatoms. The number of halogens is 1. The summed E-state index contributed by atoms with van der Waals surface area (Å²) in [5.74, 6) is -1.66. The smallest absolute Gasteiger partial charge is 0.323 e. The van der Waals surface area contributed by atoms with E-state index in [4.69, 9.17) is 5.11 Å². The van der Waals surface area contributed by atoms with Crippen LogP contribution in [0.1, 0.15) is 18.4 Å². The lowest BCUT2D eigenvalue weighted by Crippen LogP contribution is -2.38. The van der Waals surface area contributed by atoms with Gasteiger partial charge in [-0.15, -0.1) is 0 Å². The third-order valence-electron chi connectivity index (χ3n) is 2.94. The molecule has 0 heterocycles. The number of carboxylic acids is 1. The van der Waals surface area contributed by atoms with E-state index in [1.54, 1.807) is 0 Å². The van der Waals surface area contributed by atoms with Gasteiger partial charge in [0.25, 0.3) is 5.69 Å². The minimum atomic E-state index is -0.951. The molecule has 2 rings (SSSR count). The van der Waals surface area contributed by atoms with E-state index in [1.165, 1.54) is 6.07 Å². The second-order valence-electron chi connectivity index (χ2n) is 4.32. The van der Waals surface area contributed by atoms with Crippen molar-refractivity contribution in [2.24, 2.45) is 0 Å². The summed E-state index contributed by atoms with van der Waals surface area (Å²) in [4.78, 5) is 20.8. The van der Waals surface area contributed by atoms with Gasteiger partial charge in [-0.05, 0) is 24.5 Å². The largest absolute Gasteiger partial charge is 0.480 e. The first-order chi connectivity index (χ1) is 8.43. The molecule has 6 nitrogen and oxygen atoms in total. The van der Waals surface area contributed by atoms with Crippen molar-refractivity contribution in [3.63, 3.8) is 0 Å². The molecule has 1 aliphatic rings. The minimum Gasteiger partial charge on any atom is -0.480 e. The summed E-state index contributed by atoms with van der Waals surface area (Å²) in [5.41, 5.74) is -0.928. The van der Waals surface area contributed by atoms with Crippen LogP contribution in [0.3, 0.4) is 0 Å². The number of hydrogen-bond acceptors (Lipinski definition) is 4. The molecule has 2 N–H and O–H groups in total. The fourth-order valence-corrected chi connectivity index (χ4v) is 1.70. The summed E-state index contributed by atoms with van der Waals surface area (Å²) < 4.78 is 13.1. The number of aliphatic carboxylic acids is 1. The topological polar surface area (TPSA) is 92.5 Å². The third-order valence-corrected chi connectivity index (χ3v) is 2.94. The third kappa shape index (κ3) is 2.45. The summed E-state index contributed by atoms with van der Waals surface area (Å²) in [7, 11) is 0. The maximum absolute atomic E-state index is 13.1. The molecule has 1 aliphatic carbocycles. The Hall–Kier alpha value is -2.02. The van der Waals surface area contributed by atoms with Crippen LogP contribution < -0.4 is 5.32 Å². The van der Waals surface area contributed by atoms with Gasteiger partial charge in [0.1, 0.15) is 11.4 Å². The van der Waals surface area contributed by atoms with Crippen molar-refractivity contribution in [1.29, 1.82) is 0 Å². The summed E-state index contributed by atoms with van der Waals surface area (Å²) in [6, 6.07) is 3.21. The molecule has 0 atom stereocenters. The van der Waals surface area contributed by atoms with Gasteiger partial charge < -0.3 is 5.11 Å². The van der Waals surface area contributed by atoms with Crippen molar-refractivity contribution in [3.05, 3.63) is 39.7 Å². The molecule has 0 spiro atoms. The van der Waals surface area contributed by atoms with Gasteiger partial charge in [-0.2, -0.15) is 0 Å². The van der Waals surface area contributed by atoms with Gasteiger partial charge in [-0.3, -0.25) is 20.2 Å². The summed E-state index contributed by atoms with van der Waals surface area (Å²) in [5, 5.41) is 22.3. The van der Waals surface area contributed by atoms with Crippen LogP contribution in [0.15, 0.2) is 18.2 Å². The highest BCUT2D eigenvalue weighted by molar-refractivity contribution is 5.82. The van der Waals surface area contributed by atoms with Gasteiger partial charge in [-0.1, -0.05) is 0 Å². The van der Waals surface area contributed by atoms with Crippen LogP contribution in [-0.4, -0.2) is 21.5 Å². The number of nitrogens with one attached hydrogen (secondary N) is 1. The molecular weight excluding hydrogens is 243 g/mol. The molecule has 1 fully saturated rings. The molecule has 0 aromatic heterocycles. The zero-order valence-corrected chi connectivity index (χ0v) is 9.35. The van der Waals surface area contributed by atoms with Crippen LogP contribution in [0.25, 0.3) is 0 Å². The lowest BCUT2D eigenvalue weighted by atomic mass is 10.1. The van der Waals surface area contributed by atoms with Crippen LogP contribution in [0.5, 0.6) is 0 Å². The lowest BCUT2D eigenvalue weighted by Gasteiger charge is -2.12. The summed E-state index contributed by atoms with van der Waals surface area (Å²) in [6.45, 7) is 0.0882. The van der Waals surface area contributed by atoms with Crippen molar-refractivity contribution >= 4 is 11.7 Å². The fourth-order valence-electron chi connectivity index (χ4n) is 1.70. The molecule has 0 unspecified atom stereocenters. The van der Waals surface area contributed by atoms with Crippen molar-refractivity contribution in [3.8, 4) is 0 Å². The standard InChI is InChI=1S/C11H11FN2O4/c12-8-3-7(4-9(5-8)14(17)18)6-13-11(1-2-11)10(15)16/h3-5,13H,1-2,6H2,(H,15,16). The molecule has 1 saturated carbocycles. The summed E-state index contributed by atoms with van der Waals surface area (Å²) in [6.07, 6.45) is 1.03. The van der Waals surface area contributed by atoms with Gasteiger partial charge in [0.15, 0.2) is 0 Å². The Morgan fingerprint density at radius 1 is 1.50 bits per heavy atom. The van der Waals surface area contributed by atoms with Gasteiger partial charge >= 0.3 is 5.97 Å². The second-order valence-corrected chi connectivity index (χ2v) is 4.32. The number of rotatable bonds is 5. The van der Waals surface area contributed by atoms with Crippen LogP contribution in [0.4, 0.5) is 10.1 Å². The fraction of sp³-hybridized carbons (Fsp3) is 0.364. The van der Waals surface area contributed by atoms with Crippen molar-refractivity contribution in [2.75, 3.05) is 0 Å². The Balaban J connectivity index is 2.10. The van der Waals surface area contributed by atoms with Gasteiger partial charge in [0, 0.05) is 12.6 Å². The van der Waals surface area contributed by atoms with Crippen LogP contribution in [0.2, 0.25) is 0 Å². The maximum atomic E-state index is 13.1. The highest BCUT2D eigenvalue weighted by Crippen LogP contribution is 2.35. The van der Waals surface area contributed by atoms with Crippen molar-refractivity contribution in [1.82, 2.24) is 5.32 Å². The molecule has 18 heavy (non-hydrogen) atoms. The molecule has 0 aliphatic heterocycles. The zero-order chi connectivity index (χ0) is 13.3. The average Bonchev–Trinajstić information content (AvgIpc) is 3.06. The van der Waals surface area contributed by atoms with Crippen molar-refractivity contribution in [2.45, 2.75) is 24.9 Å². The lowest BCUT2D eigenvalue weighted by molar-refractivity contribution is -0.385. The van der Waals surface area contributed by atoms with E-state index < -0.39 is 22.2 Å². The van der Waals surface area contributed by atoms with E-state index in [1.807, 2.05) is 0 Å². The van der Waals surface area contributed by atoms with Crippen LogP contribution in [-0.2, 0) is 11.3 Å². The normalized spacial score (nSPS) is 16.3. The quantitative estimate of drug-likeness (QED) is 0.612.